The van der Waals surface area contributed by atoms with Gasteiger partial charge in [0, 0.05) is 30.3 Å². The first-order valence-corrected chi connectivity index (χ1v) is 6.72. The minimum Gasteiger partial charge on any atom is -0.493 e. The summed E-state index contributed by atoms with van der Waals surface area (Å²) in [5.41, 5.74) is 1.36. The summed E-state index contributed by atoms with van der Waals surface area (Å²) in [5, 5.41) is 3.47. The standard InChI is InChI=1S/C12H17NOS/c1-15-7-6-13-8-10-9-14-12-5-3-2-4-11(10)12/h2-5,10,13H,6-9H2,1H3. The van der Waals surface area contributed by atoms with Crippen LogP contribution in [0.4, 0.5) is 0 Å². The van der Waals surface area contributed by atoms with Crippen LogP contribution in [-0.2, 0) is 0 Å². The van der Waals surface area contributed by atoms with Gasteiger partial charge in [-0.25, -0.2) is 0 Å². The van der Waals surface area contributed by atoms with Crippen molar-refractivity contribution in [3.63, 3.8) is 0 Å². The molecule has 0 spiro atoms. The maximum atomic E-state index is 5.62. The van der Waals surface area contributed by atoms with E-state index in [1.165, 1.54) is 11.3 Å². The molecule has 1 heterocycles. The van der Waals surface area contributed by atoms with Crippen molar-refractivity contribution >= 4 is 11.8 Å². The Morgan fingerprint density at radius 3 is 3.20 bits per heavy atom. The molecule has 1 atom stereocenters. The van der Waals surface area contributed by atoms with Crippen LogP contribution in [0.25, 0.3) is 0 Å². The van der Waals surface area contributed by atoms with Gasteiger partial charge in [-0.15, -0.1) is 0 Å². The summed E-state index contributed by atoms with van der Waals surface area (Å²) in [7, 11) is 0. The van der Waals surface area contributed by atoms with Gasteiger partial charge in [0.25, 0.3) is 0 Å². The number of hydrogen-bond acceptors (Lipinski definition) is 3. The number of ether oxygens (including phenoxy) is 1. The highest BCUT2D eigenvalue weighted by molar-refractivity contribution is 7.98. The van der Waals surface area contributed by atoms with Crippen LogP contribution in [0.5, 0.6) is 5.75 Å². The van der Waals surface area contributed by atoms with Crippen molar-refractivity contribution in [1.29, 1.82) is 0 Å². The van der Waals surface area contributed by atoms with Gasteiger partial charge in [0.05, 0.1) is 6.61 Å². The molecule has 1 aliphatic rings. The third kappa shape index (κ3) is 2.67. The van der Waals surface area contributed by atoms with Gasteiger partial charge in [-0.05, 0) is 12.3 Å². The number of fused-ring (bicyclic) bond motifs is 1. The maximum absolute atomic E-state index is 5.62. The second-order valence-electron chi connectivity index (χ2n) is 3.74. The van der Waals surface area contributed by atoms with E-state index in [9.17, 15) is 0 Å². The number of rotatable bonds is 5. The summed E-state index contributed by atoms with van der Waals surface area (Å²) in [6.45, 7) is 2.93. The zero-order chi connectivity index (χ0) is 10.5. The second-order valence-corrected chi connectivity index (χ2v) is 4.73. The Morgan fingerprint density at radius 1 is 1.47 bits per heavy atom. The summed E-state index contributed by atoms with van der Waals surface area (Å²) >= 11 is 1.88. The fourth-order valence-corrected chi connectivity index (χ4v) is 2.20. The topological polar surface area (TPSA) is 21.3 Å². The second kappa shape index (κ2) is 5.42. The molecular formula is C12H17NOS. The smallest absolute Gasteiger partial charge is 0.122 e. The molecular weight excluding hydrogens is 206 g/mol. The van der Waals surface area contributed by atoms with Crippen molar-refractivity contribution in [2.75, 3.05) is 31.7 Å². The number of hydrogen-bond donors (Lipinski definition) is 1. The highest BCUT2D eigenvalue weighted by Gasteiger charge is 2.22. The van der Waals surface area contributed by atoms with E-state index in [0.717, 1.165) is 25.4 Å². The Balaban J connectivity index is 1.85. The zero-order valence-corrected chi connectivity index (χ0v) is 9.85. The minimum absolute atomic E-state index is 0.531. The Labute approximate surface area is 95.4 Å². The predicted molar refractivity (Wildman–Crippen MR) is 65.9 cm³/mol. The molecule has 2 rings (SSSR count). The summed E-state index contributed by atoms with van der Waals surface area (Å²) in [5.74, 6) is 2.77. The number of nitrogens with one attached hydrogen (secondary N) is 1. The molecule has 82 valence electrons. The van der Waals surface area contributed by atoms with Crippen LogP contribution in [0, 0.1) is 0 Å². The largest absolute Gasteiger partial charge is 0.493 e. The third-order valence-electron chi connectivity index (χ3n) is 2.67. The molecule has 0 fully saturated rings. The number of thioether (sulfide) groups is 1. The van der Waals surface area contributed by atoms with Crippen LogP contribution >= 0.6 is 11.8 Å². The van der Waals surface area contributed by atoms with E-state index in [1.807, 2.05) is 17.8 Å². The molecule has 0 bridgehead atoms. The highest BCUT2D eigenvalue weighted by Crippen LogP contribution is 2.32. The average Bonchev–Trinajstić information content (AvgIpc) is 2.68. The van der Waals surface area contributed by atoms with E-state index >= 15 is 0 Å². The number of benzene rings is 1. The molecule has 0 aromatic heterocycles. The molecule has 0 aliphatic carbocycles. The zero-order valence-electron chi connectivity index (χ0n) is 9.03. The van der Waals surface area contributed by atoms with Crippen LogP contribution in [0.2, 0.25) is 0 Å². The van der Waals surface area contributed by atoms with Gasteiger partial charge in [-0.3, -0.25) is 0 Å². The van der Waals surface area contributed by atoms with Gasteiger partial charge < -0.3 is 10.1 Å². The lowest BCUT2D eigenvalue weighted by atomic mass is 10.0. The van der Waals surface area contributed by atoms with Crippen LogP contribution in [0.3, 0.4) is 0 Å². The molecule has 3 heteroatoms. The van der Waals surface area contributed by atoms with Gasteiger partial charge in [0.15, 0.2) is 0 Å². The van der Waals surface area contributed by atoms with Crippen molar-refractivity contribution in [2.45, 2.75) is 5.92 Å². The number of para-hydroxylation sites is 1. The molecule has 15 heavy (non-hydrogen) atoms. The van der Waals surface area contributed by atoms with E-state index in [0.29, 0.717) is 5.92 Å². The molecule has 0 radical (unpaired) electrons. The predicted octanol–water partition coefficient (Wildman–Crippen LogP) is 2.12. The van der Waals surface area contributed by atoms with Gasteiger partial charge in [-0.1, -0.05) is 18.2 Å². The van der Waals surface area contributed by atoms with Gasteiger partial charge in [0.1, 0.15) is 5.75 Å². The first kappa shape index (κ1) is 10.8. The van der Waals surface area contributed by atoms with Gasteiger partial charge >= 0.3 is 0 Å². The first-order valence-electron chi connectivity index (χ1n) is 5.33. The van der Waals surface area contributed by atoms with E-state index in [-0.39, 0.29) is 0 Å². The maximum Gasteiger partial charge on any atom is 0.122 e. The molecule has 1 aromatic carbocycles. The van der Waals surface area contributed by atoms with Crippen molar-refractivity contribution < 1.29 is 4.74 Å². The van der Waals surface area contributed by atoms with Gasteiger partial charge in [-0.2, -0.15) is 11.8 Å². The summed E-state index contributed by atoms with van der Waals surface area (Å²) in [4.78, 5) is 0. The molecule has 1 unspecified atom stereocenters. The normalized spacial score (nSPS) is 18.6. The minimum atomic E-state index is 0.531. The Morgan fingerprint density at radius 2 is 2.33 bits per heavy atom. The SMILES string of the molecule is CSCCNCC1COc2ccccc21. The fourth-order valence-electron chi connectivity index (χ4n) is 1.85. The summed E-state index contributed by atoms with van der Waals surface area (Å²) < 4.78 is 5.62. The summed E-state index contributed by atoms with van der Waals surface area (Å²) in [6.07, 6.45) is 2.13. The van der Waals surface area contributed by atoms with Crippen LogP contribution in [-0.4, -0.2) is 31.7 Å². The average molecular weight is 223 g/mol. The van der Waals surface area contributed by atoms with E-state index in [1.54, 1.807) is 0 Å². The van der Waals surface area contributed by atoms with E-state index in [2.05, 4.69) is 29.8 Å². The lowest BCUT2D eigenvalue weighted by molar-refractivity contribution is 0.327. The van der Waals surface area contributed by atoms with Crippen LogP contribution < -0.4 is 10.1 Å². The van der Waals surface area contributed by atoms with Crippen molar-refractivity contribution in [3.8, 4) is 5.75 Å². The van der Waals surface area contributed by atoms with Crippen molar-refractivity contribution in [1.82, 2.24) is 5.32 Å². The molecule has 0 saturated heterocycles. The lowest BCUT2D eigenvalue weighted by Crippen LogP contribution is -2.24. The summed E-state index contributed by atoms with van der Waals surface area (Å²) in [6, 6.07) is 8.34. The van der Waals surface area contributed by atoms with E-state index < -0.39 is 0 Å². The molecule has 1 N–H and O–H groups in total. The Bertz CT molecular complexity index is 316. The van der Waals surface area contributed by atoms with Crippen molar-refractivity contribution in [2.24, 2.45) is 0 Å². The van der Waals surface area contributed by atoms with E-state index in [4.69, 9.17) is 4.74 Å². The molecule has 1 aromatic rings. The molecule has 0 saturated carbocycles. The quantitative estimate of drug-likeness (QED) is 0.773. The monoisotopic (exact) mass is 223 g/mol. The third-order valence-corrected chi connectivity index (χ3v) is 3.28. The fraction of sp³-hybridized carbons (Fsp3) is 0.500. The Kier molecular flexibility index (Phi) is 3.92. The highest BCUT2D eigenvalue weighted by atomic mass is 32.2. The lowest BCUT2D eigenvalue weighted by Gasteiger charge is -2.09. The molecule has 0 amide bonds. The Hall–Kier alpha value is -0.670. The van der Waals surface area contributed by atoms with Gasteiger partial charge in [0.2, 0.25) is 0 Å². The van der Waals surface area contributed by atoms with Crippen molar-refractivity contribution in [3.05, 3.63) is 29.8 Å². The molecule has 1 aliphatic heterocycles. The van der Waals surface area contributed by atoms with Crippen LogP contribution in [0.15, 0.2) is 24.3 Å². The molecule has 2 nitrogen and oxygen atoms in total. The first-order chi connectivity index (χ1) is 7.42. The van der Waals surface area contributed by atoms with Crippen LogP contribution in [0.1, 0.15) is 11.5 Å².